The van der Waals surface area contributed by atoms with Crippen LogP contribution in [-0.4, -0.2) is 40.3 Å². The molecule has 1 unspecified atom stereocenters. The molecule has 1 aliphatic heterocycles. The zero-order valence-corrected chi connectivity index (χ0v) is 5.37. The molecule has 5 N–H and O–H groups in total. The molecular weight excluding hydrogens is 138 g/mol. The van der Waals surface area contributed by atoms with E-state index in [1.165, 1.54) is 0 Å². The number of rotatable bonds is 1. The quantitative estimate of drug-likeness (QED) is 0.400. The lowest BCUT2D eigenvalue weighted by molar-refractivity contribution is -0.139. The summed E-state index contributed by atoms with van der Waals surface area (Å²) in [5, 5.41) is 19.8. The normalized spacial score (nSPS) is 31.3. The van der Waals surface area contributed by atoms with Crippen molar-refractivity contribution < 1.29 is 20.5 Å². The van der Waals surface area contributed by atoms with Crippen molar-refractivity contribution in [3.05, 3.63) is 0 Å². The maximum Gasteiger partial charge on any atom is 0.320 e. The summed E-state index contributed by atoms with van der Waals surface area (Å²) in [6.07, 6.45) is -0.152. The number of hydrogen-bond acceptors (Lipinski definition) is 3. The SMILES string of the molecule is O.O=C(O)[C@@H]1CC(O)CN1. The first-order valence-electron chi connectivity index (χ1n) is 2.84. The number of hydrogen-bond donors (Lipinski definition) is 3. The van der Waals surface area contributed by atoms with E-state index in [0.717, 1.165) is 0 Å². The number of aliphatic hydroxyl groups is 1. The molecule has 0 aromatic rings. The van der Waals surface area contributed by atoms with Gasteiger partial charge in [0, 0.05) is 13.0 Å². The molecular formula is C5H11NO4. The molecule has 5 heteroatoms. The summed E-state index contributed by atoms with van der Waals surface area (Å²) in [6.45, 7) is 0.400. The summed E-state index contributed by atoms with van der Waals surface area (Å²) in [7, 11) is 0. The Hall–Kier alpha value is -0.650. The number of aliphatic hydroxyl groups excluding tert-OH is 1. The van der Waals surface area contributed by atoms with Crippen molar-refractivity contribution in [2.75, 3.05) is 6.54 Å². The van der Waals surface area contributed by atoms with Gasteiger partial charge in [-0.25, -0.2) is 0 Å². The molecule has 0 spiro atoms. The Kier molecular flexibility index (Phi) is 3.27. The molecule has 10 heavy (non-hydrogen) atoms. The van der Waals surface area contributed by atoms with Gasteiger partial charge in [0.05, 0.1) is 6.10 Å². The monoisotopic (exact) mass is 149 g/mol. The second kappa shape index (κ2) is 3.50. The topological polar surface area (TPSA) is 101 Å². The molecule has 0 bridgehead atoms. The van der Waals surface area contributed by atoms with Gasteiger partial charge in [0.25, 0.3) is 0 Å². The van der Waals surface area contributed by atoms with Gasteiger partial charge in [-0.2, -0.15) is 0 Å². The third-order valence-corrected chi connectivity index (χ3v) is 1.41. The largest absolute Gasteiger partial charge is 0.480 e. The zero-order chi connectivity index (χ0) is 6.85. The van der Waals surface area contributed by atoms with Crippen LogP contribution in [0.4, 0.5) is 0 Å². The van der Waals surface area contributed by atoms with Crippen molar-refractivity contribution in [2.24, 2.45) is 0 Å². The van der Waals surface area contributed by atoms with Gasteiger partial charge < -0.3 is 21.0 Å². The molecule has 1 heterocycles. The third-order valence-electron chi connectivity index (χ3n) is 1.41. The molecule has 1 fully saturated rings. The van der Waals surface area contributed by atoms with Gasteiger partial charge in [-0.15, -0.1) is 0 Å². The molecule has 0 aromatic heterocycles. The highest BCUT2D eigenvalue weighted by atomic mass is 16.4. The summed E-state index contributed by atoms with van der Waals surface area (Å²) >= 11 is 0. The average Bonchev–Trinajstić information content (AvgIpc) is 2.14. The number of carboxylic acid groups (broad SMARTS) is 1. The number of carboxylic acids is 1. The van der Waals surface area contributed by atoms with Crippen molar-refractivity contribution >= 4 is 5.97 Å². The minimum atomic E-state index is -0.883. The van der Waals surface area contributed by atoms with Gasteiger partial charge >= 0.3 is 5.97 Å². The van der Waals surface area contributed by atoms with Crippen LogP contribution in [-0.2, 0) is 4.79 Å². The Morgan fingerprint density at radius 1 is 1.60 bits per heavy atom. The van der Waals surface area contributed by atoms with Crippen molar-refractivity contribution in [2.45, 2.75) is 18.6 Å². The Morgan fingerprint density at radius 2 is 2.20 bits per heavy atom. The zero-order valence-electron chi connectivity index (χ0n) is 5.37. The Morgan fingerprint density at radius 3 is 2.40 bits per heavy atom. The molecule has 5 nitrogen and oxygen atoms in total. The van der Waals surface area contributed by atoms with Crippen LogP contribution < -0.4 is 5.32 Å². The van der Waals surface area contributed by atoms with Crippen molar-refractivity contribution in [3.8, 4) is 0 Å². The van der Waals surface area contributed by atoms with Gasteiger partial charge in [-0.05, 0) is 0 Å². The summed E-state index contributed by atoms with van der Waals surface area (Å²) in [5.41, 5.74) is 0. The second-order valence-corrected chi connectivity index (χ2v) is 2.19. The molecule has 0 aromatic carbocycles. The number of nitrogens with one attached hydrogen (secondary N) is 1. The molecule has 0 radical (unpaired) electrons. The summed E-state index contributed by atoms with van der Waals surface area (Å²) < 4.78 is 0. The molecule has 1 saturated heterocycles. The van der Waals surface area contributed by atoms with Gasteiger partial charge in [-0.3, -0.25) is 4.79 Å². The number of carbonyl (C=O) groups is 1. The van der Waals surface area contributed by atoms with E-state index < -0.39 is 18.1 Å². The van der Waals surface area contributed by atoms with Crippen LogP contribution in [0.2, 0.25) is 0 Å². The first-order valence-corrected chi connectivity index (χ1v) is 2.84. The van der Waals surface area contributed by atoms with Crippen LogP contribution in [0, 0.1) is 0 Å². The van der Waals surface area contributed by atoms with Crippen LogP contribution in [0.3, 0.4) is 0 Å². The van der Waals surface area contributed by atoms with E-state index in [9.17, 15) is 4.79 Å². The van der Waals surface area contributed by atoms with E-state index in [-0.39, 0.29) is 5.48 Å². The Bertz CT molecular complexity index is 127. The fraction of sp³-hybridized carbons (Fsp3) is 0.800. The summed E-state index contributed by atoms with van der Waals surface area (Å²) in [5.74, 6) is -0.883. The highest BCUT2D eigenvalue weighted by Gasteiger charge is 2.27. The van der Waals surface area contributed by atoms with Crippen LogP contribution in [0.5, 0.6) is 0 Å². The maximum absolute atomic E-state index is 10.2. The van der Waals surface area contributed by atoms with Crippen LogP contribution in [0.25, 0.3) is 0 Å². The fourth-order valence-electron chi connectivity index (χ4n) is 0.905. The van der Waals surface area contributed by atoms with E-state index in [1.54, 1.807) is 0 Å². The van der Waals surface area contributed by atoms with Gasteiger partial charge in [0.1, 0.15) is 6.04 Å². The summed E-state index contributed by atoms with van der Waals surface area (Å²) in [6, 6.07) is -0.542. The molecule has 60 valence electrons. The lowest BCUT2D eigenvalue weighted by atomic mass is 10.2. The molecule has 0 saturated carbocycles. The van der Waals surface area contributed by atoms with E-state index in [1.807, 2.05) is 0 Å². The van der Waals surface area contributed by atoms with Crippen LogP contribution in [0.15, 0.2) is 0 Å². The lowest BCUT2D eigenvalue weighted by Crippen LogP contribution is -2.29. The van der Waals surface area contributed by atoms with Crippen molar-refractivity contribution in [1.29, 1.82) is 0 Å². The molecule has 1 aliphatic rings. The van der Waals surface area contributed by atoms with Crippen molar-refractivity contribution in [3.63, 3.8) is 0 Å². The first kappa shape index (κ1) is 9.35. The standard InChI is InChI=1S/C5H9NO3.H2O/c7-3-1-4(5(8)9)6-2-3;/h3-4,6-7H,1-2H2,(H,8,9);1H2/t3?,4-;/m0./s1. The molecule has 1 rings (SSSR count). The second-order valence-electron chi connectivity index (χ2n) is 2.19. The number of β-amino-alcohol motifs (C(OH)–C–C–N with tert-alkyl or cyclic N) is 1. The molecule has 0 aliphatic carbocycles. The molecule has 0 amide bonds. The van der Waals surface area contributed by atoms with Gasteiger partial charge in [0.15, 0.2) is 0 Å². The van der Waals surface area contributed by atoms with E-state index >= 15 is 0 Å². The third kappa shape index (κ3) is 1.94. The van der Waals surface area contributed by atoms with Crippen molar-refractivity contribution in [1.82, 2.24) is 5.32 Å². The fourth-order valence-corrected chi connectivity index (χ4v) is 0.905. The van der Waals surface area contributed by atoms with Gasteiger partial charge in [0.2, 0.25) is 0 Å². The first-order chi connectivity index (χ1) is 4.20. The Labute approximate surface area is 58.0 Å². The van der Waals surface area contributed by atoms with Gasteiger partial charge in [-0.1, -0.05) is 0 Å². The highest BCUT2D eigenvalue weighted by molar-refractivity contribution is 5.73. The minimum Gasteiger partial charge on any atom is -0.480 e. The predicted octanol–water partition coefficient (Wildman–Crippen LogP) is -2.03. The van der Waals surface area contributed by atoms with Crippen LogP contribution in [0.1, 0.15) is 6.42 Å². The lowest BCUT2D eigenvalue weighted by Gasteiger charge is -1.99. The number of aliphatic carboxylic acids is 1. The minimum absolute atomic E-state index is 0. The smallest absolute Gasteiger partial charge is 0.320 e. The predicted molar refractivity (Wildman–Crippen MR) is 33.7 cm³/mol. The van der Waals surface area contributed by atoms with E-state index in [2.05, 4.69) is 5.32 Å². The van der Waals surface area contributed by atoms with E-state index in [4.69, 9.17) is 10.2 Å². The highest BCUT2D eigenvalue weighted by Crippen LogP contribution is 2.05. The Balaban J connectivity index is 0.000000810. The molecule has 2 atom stereocenters. The van der Waals surface area contributed by atoms with E-state index in [0.29, 0.717) is 13.0 Å². The maximum atomic E-state index is 10.2. The van der Waals surface area contributed by atoms with Crippen LogP contribution >= 0.6 is 0 Å². The summed E-state index contributed by atoms with van der Waals surface area (Å²) in [4.78, 5) is 10.2. The average molecular weight is 149 g/mol.